The molecular formula is C15H15BrINO. The molecule has 2 aromatic rings. The van der Waals surface area contributed by atoms with Crippen LogP contribution in [0.1, 0.15) is 18.6 Å². The second kappa shape index (κ2) is 6.72. The van der Waals surface area contributed by atoms with Crippen molar-refractivity contribution in [1.29, 1.82) is 0 Å². The van der Waals surface area contributed by atoms with E-state index in [0.29, 0.717) is 0 Å². The van der Waals surface area contributed by atoms with Gasteiger partial charge >= 0.3 is 0 Å². The van der Waals surface area contributed by atoms with Crippen LogP contribution < -0.4 is 10.5 Å². The number of nitrogens with two attached hydrogens (primary N) is 1. The molecule has 0 aliphatic carbocycles. The van der Waals surface area contributed by atoms with Crippen LogP contribution >= 0.6 is 38.5 Å². The maximum absolute atomic E-state index is 6.06. The van der Waals surface area contributed by atoms with Crippen molar-refractivity contribution in [3.63, 3.8) is 0 Å². The zero-order chi connectivity index (χ0) is 13.8. The predicted molar refractivity (Wildman–Crippen MR) is 90.3 cm³/mol. The average molecular weight is 432 g/mol. The molecule has 0 bridgehead atoms. The molecule has 0 saturated heterocycles. The molecule has 19 heavy (non-hydrogen) atoms. The molecule has 0 saturated carbocycles. The second-order valence-corrected chi connectivity index (χ2v) is 6.57. The highest BCUT2D eigenvalue weighted by Gasteiger charge is 2.18. The average Bonchev–Trinajstić information content (AvgIpc) is 2.35. The molecule has 2 aromatic carbocycles. The maximum Gasteiger partial charge on any atom is 0.138 e. The van der Waals surface area contributed by atoms with Gasteiger partial charge in [0.2, 0.25) is 0 Å². The molecule has 2 rings (SSSR count). The Morgan fingerprint density at radius 2 is 1.89 bits per heavy atom. The molecule has 2 N–H and O–H groups in total. The van der Waals surface area contributed by atoms with E-state index < -0.39 is 0 Å². The summed E-state index contributed by atoms with van der Waals surface area (Å²) >= 11 is 5.75. The summed E-state index contributed by atoms with van der Waals surface area (Å²) in [5.74, 6) is 0.842. The van der Waals surface area contributed by atoms with Crippen LogP contribution in [-0.2, 0) is 0 Å². The first kappa shape index (κ1) is 14.8. The van der Waals surface area contributed by atoms with Crippen LogP contribution in [0, 0.1) is 3.57 Å². The Balaban J connectivity index is 2.26. The van der Waals surface area contributed by atoms with Crippen molar-refractivity contribution in [3.05, 3.63) is 62.1 Å². The third kappa shape index (κ3) is 4.19. The van der Waals surface area contributed by atoms with Gasteiger partial charge in [0, 0.05) is 14.1 Å². The minimum atomic E-state index is -0.157. The first-order valence-electron chi connectivity index (χ1n) is 5.99. The first-order valence-corrected chi connectivity index (χ1v) is 7.86. The van der Waals surface area contributed by atoms with E-state index in [0.717, 1.165) is 19.4 Å². The predicted octanol–water partition coefficient (Wildman–Crippen LogP) is 4.52. The van der Waals surface area contributed by atoms with E-state index in [-0.39, 0.29) is 12.1 Å². The van der Waals surface area contributed by atoms with Crippen LogP contribution in [0.2, 0.25) is 0 Å². The summed E-state index contributed by atoms with van der Waals surface area (Å²) in [5.41, 5.74) is 7.13. The fraction of sp³-hybridized carbons (Fsp3) is 0.200. The largest absolute Gasteiger partial charge is 0.484 e. The quantitative estimate of drug-likeness (QED) is 0.722. The lowest BCUT2D eigenvalue weighted by Crippen LogP contribution is -2.29. The van der Waals surface area contributed by atoms with E-state index in [4.69, 9.17) is 10.5 Å². The first-order chi connectivity index (χ1) is 9.06. The van der Waals surface area contributed by atoms with Gasteiger partial charge in [-0.3, -0.25) is 0 Å². The van der Waals surface area contributed by atoms with E-state index in [1.165, 1.54) is 0 Å². The summed E-state index contributed by atoms with van der Waals surface area (Å²) in [6.45, 7) is 1.96. The third-order valence-corrected chi connectivity index (χ3v) is 3.88. The van der Waals surface area contributed by atoms with Crippen molar-refractivity contribution in [1.82, 2.24) is 0 Å². The van der Waals surface area contributed by atoms with Gasteiger partial charge in [-0.2, -0.15) is 0 Å². The molecule has 4 heteroatoms. The summed E-state index contributed by atoms with van der Waals surface area (Å²) in [7, 11) is 0. The summed E-state index contributed by atoms with van der Waals surface area (Å²) in [6, 6.07) is 16.0. The smallest absolute Gasteiger partial charge is 0.138 e. The summed E-state index contributed by atoms with van der Waals surface area (Å²) in [4.78, 5) is 0. The van der Waals surface area contributed by atoms with Gasteiger partial charge in [0.05, 0.1) is 0 Å². The monoisotopic (exact) mass is 431 g/mol. The Hall–Kier alpha value is -0.590. The van der Waals surface area contributed by atoms with Crippen molar-refractivity contribution < 1.29 is 4.74 Å². The van der Waals surface area contributed by atoms with E-state index in [1.807, 2.05) is 55.5 Å². The summed E-state index contributed by atoms with van der Waals surface area (Å²) in [6.07, 6.45) is -0.157. The minimum absolute atomic E-state index is 0.0906. The lowest BCUT2D eigenvalue weighted by Gasteiger charge is -2.23. The molecule has 0 radical (unpaired) electrons. The Morgan fingerprint density at radius 3 is 2.53 bits per heavy atom. The Bertz CT molecular complexity index is 559. The van der Waals surface area contributed by atoms with Gasteiger partial charge in [-0.1, -0.05) is 34.1 Å². The fourth-order valence-electron chi connectivity index (χ4n) is 1.85. The Labute approximate surface area is 135 Å². The van der Waals surface area contributed by atoms with Gasteiger partial charge in [0.1, 0.15) is 11.9 Å². The molecule has 0 aliphatic heterocycles. The molecule has 0 fully saturated rings. The number of hydrogen-bond acceptors (Lipinski definition) is 2. The number of hydrogen-bond donors (Lipinski definition) is 1. The topological polar surface area (TPSA) is 35.2 Å². The second-order valence-electron chi connectivity index (χ2n) is 4.41. The van der Waals surface area contributed by atoms with Crippen molar-refractivity contribution in [2.75, 3.05) is 0 Å². The Morgan fingerprint density at radius 1 is 1.16 bits per heavy atom. The van der Waals surface area contributed by atoms with Crippen LogP contribution in [0.15, 0.2) is 53.0 Å². The zero-order valence-electron chi connectivity index (χ0n) is 10.5. The van der Waals surface area contributed by atoms with Crippen LogP contribution in [0.3, 0.4) is 0 Å². The number of benzene rings is 2. The molecule has 0 aromatic heterocycles. The van der Waals surface area contributed by atoms with Crippen molar-refractivity contribution >= 4 is 38.5 Å². The van der Waals surface area contributed by atoms with Gasteiger partial charge in [0.15, 0.2) is 0 Å². The molecule has 0 aliphatic rings. The van der Waals surface area contributed by atoms with Gasteiger partial charge in [0.25, 0.3) is 0 Å². The standard InChI is InChI=1S/C15H15BrINO/c1-10(18)15(11-4-2-5-12(16)8-11)19-14-7-3-6-13(17)9-14/h2-10,15H,18H2,1H3. The fourth-order valence-corrected chi connectivity index (χ4v) is 2.78. The van der Waals surface area contributed by atoms with Crippen molar-refractivity contribution in [2.45, 2.75) is 19.1 Å². The molecule has 0 heterocycles. The third-order valence-electron chi connectivity index (χ3n) is 2.71. The lowest BCUT2D eigenvalue weighted by atomic mass is 10.0. The van der Waals surface area contributed by atoms with Crippen LogP contribution in [-0.4, -0.2) is 6.04 Å². The van der Waals surface area contributed by atoms with E-state index in [2.05, 4.69) is 38.5 Å². The molecule has 100 valence electrons. The highest BCUT2D eigenvalue weighted by molar-refractivity contribution is 14.1. The minimum Gasteiger partial charge on any atom is -0.484 e. The molecule has 2 nitrogen and oxygen atoms in total. The highest BCUT2D eigenvalue weighted by Crippen LogP contribution is 2.27. The van der Waals surface area contributed by atoms with Gasteiger partial charge in [-0.25, -0.2) is 0 Å². The summed E-state index contributed by atoms with van der Waals surface area (Å²) in [5, 5.41) is 0. The number of rotatable bonds is 4. The van der Waals surface area contributed by atoms with Crippen LogP contribution in [0.25, 0.3) is 0 Å². The normalized spacial score (nSPS) is 13.9. The zero-order valence-corrected chi connectivity index (χ0v) is 14.3. The number of halogens is 2. The Kier molecular flexibility index (Phi) is 5.24. The summed E-state index contributed by atoms with van der Waals surface area (Å²) < 4.78 is 8.22. The number of ether oxygens (including phenoxy) is 1. The molecule has 0 spiro atoms. The van der Waals surface area contributed by atoms with Crippen LogP contribution in [0.4, 0.5) is 0 Å². The molecule has 2 unspecified atom stereocenters. The van der Waals surface area contributed by atoms with Gasteiger partial charge in [-0.05, 0) is 65.4 Å². The molecular weight excluding hydrogens is 417 g/mol. The van der Waals surface area contributed by atoms with Crippen molar-refractivity contribution in [3.8, 4) is 5.75 Å². The molecule has 0 amide bonds. The maximum atomic E-state index is 6.06. The molecule has 2 atom stereocenters. The van der Waals surface area contributed by atoms with Crippen molar-refractivity contribution in [2.24, 2.45) is 5.73 Å². The van der Waals surface area contributed by atoms with Gasteiger partial charge < -0.3 is 10.5 Å². The highest BCUT2D eigenvalue weighted by atomic mass is 127. The lowest BCUT2D eigenvalue weighted by molar-refractivity contribution is 0.180. The van der Waals surface area contributed by atoms with E-state index >= 15 is 0 Å². The van der Waals surface area contributed by atoms with Crippen LogP contribution in [0.5, 0.6) is 5.75 Å². The SMILES string of the molecule is CC(N)C(Oc1cccc(I)c1)c1cccc(Br)c1. The van der Waals surface area contributed by atoms with E-state index in [9.17, 15) is 0 Å². The van der Waals surface area contributed by atoms with Gasteiger partial charge in [-0.15, -0.1) is 0 Å². The van der Waals surface area contributed by atoms with E-state index in [1.54, 1.807) is 0 Å².